The first kappa shape index (κ1) is 13.7. The second kappa shape index (κ2) is 5.50. The van der Waals surface area contributed by atoms with Gasteiger partial charge in [0.15, 0.2) is 0 Å². The molecule has 1 heterocycles. The molecule has 0 atom stereocenters. The molecule has 0 aliphatic rings. The van der Waals surface area contributed by atoms with Crippen molar-refractivity contribution in [3.8, 4) is 5.69 Å². The maximum atomic E-state index is 9.77. The van der Waals surface area contributed by atoms with Gasteiger partial charge >= 0.3 is 0 Å². The molecule has 5 heteroatoms. The fourth-order valence-electron chi connectivity index (χ4n) is 2.05. The maximum absolute atomic E-state index is 9.77. The summed E-state index contributed by atoms with van der Waals surface area (Å²) >= 11 is 0. The summed E-state index contributed by atoms with van der Waals surface area (Å²) in [6.45, 7) is 4.84. The van der Waals surface area contributed by atoms with Crippen molar-refractivity contribution in [2.24, 2.45) is 0 Å². The van der Waals surface area contributed by atoms with Crippen LogP contribution in [0.5, 0.6) is 0 Å². The van der Waals surface area contributed by atoms with Crippen LogP contribution < -0.4 is 0 Å². The Kier molecular flexibility index (Phi) is 3.97. The standard InChI is InChI=1S/C14H20N4O/c1-14(2,19)11-17(3)10-12-9-15-18(16-12)13-7-5-4-6-8-13/h4-9,19H,10-11H2,1-3H3. The van der Waals surface area contributed by atoms with Gasteiger partial charge < -0.3 is 5.11 Å². The number of hydrogen-bond acceptors (Lipinski definition) is 4. The van der Waals surface area contributed by atoms with E-state index in [1.165, 1.54) is 0 Å². The van der Waals surface area contributed by atoms with Crippen LogP contribution in [0.4, 0.5) is 0 Å². The summed E-state index contributed by atoms with van der Waals surface area (Å²) in [7, 11) is 1.96. The van der Waals surface area contributed by atoms with E-state index in [1.807, 2.05) is 42.3 Å². The third-order valence-electron chi connectivity index (χ3n) is 2.62. The summed E-state index contributed by atoms with van der Waals surface area (Å²) in [6.07, 6.45) is 1.76. The molecule has 0 amide bonds. The van der Waals surface area contributed by atoms with Crippen LogP contribution in [0.3, 0.4) is 0 Å². The Hall–Kier alpha value is -1.72. The highest BCUT2D eigenvalue weighted by molar-refractivity contribution is 5.28. The zero-order valence-corrected chi connectivity index (χ0v) is 11.6. The number of likely N-dealkylation sites (N-methyl/N-ethyl adjacent to an activating group) is 1. The lowest BCUT2D eigenvalue weighted by molar-refractivity contribution is 0.0421. The van der Waals surface area contributed by atoms with Crippen molar-refractivity contribution in [2.45, 2.75) is 26.0 Å². The molecule has 0 fully saturated rings. The van der Waals surface area contributed by atoms with Crippen LogP contribution in [0, 0.1) is 0 Å². The summed E-state index contributed by atoms with van der Waals surface area (Å²) in [5.74, 6) is 0. The molecule has 102 valence electrons. The van der Waals surface area contributed by atoms with Gasteiger partial charge in [0, 0.05) is 13.1 Å². The van der Waals surface area contributed by atoms with E-state index in [0.717, 1.165) is 11.4 Å². The van der Waals surface area contributed by atoms with E-state index in [2.05, 4.69) is 10.2 Å². The van der Waals surface area contributed by atoms with E-state index in [4.69, 9.17) is 0 Å². The maximum Gasteiger partial charge on any atom is 0.0971 e. The molecule has 19 heavy (non-hydrogen) atoms. The predicted octanol–water partition coefficient (Wildman–Crippen LogP) is 1.47. The van der Waals surface area contributed by atoms with Gasteiger partial charge in [-0.15, -0.1) is 0 Å². The molecule has 1 N–H and O–H groups in total. The highest BCUT2D eigenvalue weighted by Gasteiger charge is 2.16. The molecule has 0 saturated heterocycles. The van der Waals surface area contributed by atoms with E-state index >= 15 is 0 Å². The van der Waals surface area contributed by atoms with E-state index in [0.29, 0.717) is 13.1 Å². The molecule has 0 unspecified atom stereocenters. The fourth-order valence-corrected chi connectivity index (χ4v) is 2.05. The second-order valence-corrected chi connectivity index (χ2v) is 5.45. The third-order valence-corrected chi connectivity index (χ3v) is 2.62. The van der Waals surface area contributed by atoms with Crippen LogP contribution in [-0.4, -0.2) is 44.2 Å². The Bertz CT molecular complexity index is 516. The quantitative estimate of drug-likeness (QED) is 0.884. The average Bonchev–Trinajstić information content (AvgIpc) is 2.76. The second-order valence-electron chi connectivity index (χ2n) is 5.45. The van der Waals surface area contributed by atoms with Crippen LogP contribution in [0.15, 0.2) is 36.5 Å². The molecule has 0 aliphatic heterocycles. The molecule has 0 spiro atoms. The summed E-state index contributed by atoms with van der Waals surface area (Å²) < 4.78 is 0. The highest BCUT2D eigenvalue weighted by atomic mass is 16.3. The topological polar surface area (TPSA) is 54.2 Å². The molecule has 0 aliphatic carbocycles. The zero-order valence-electron chi connectivity index (χ0n) is 11.6. The molecule has 0 saturated carbocycles. The average molecular weight is 260 g/mol. The van der Waals surface area contributed by atoms with Crippen LogP contribution in [0.2, 0.25) is 0 Å². The first-order valence-electron chi connectivity index (χ1n) is 6.32. The van der Waals surface area contributed by atoms with Gasteiger partial charge in [-0.2, -0.15) is 15.0 Å². The molecule has 0 bridgehead atoms. The van der Waals surface area contributed by atoms with Crippen molar-refractivity contribution in [3.63, 3.8) is 0 Å². The first-order chi connectivity index (χ1) is 8.94. The molecule has 0 radical (unpaired) electrons. The fraction of sp³-hybridized carbons (Fsp3) is 0.429. The molecule has 2 rings (SSSR count). The van der Waals surface area contributed by atoms with Crippen LogP contribution >= 0.6 is 0 Å². The van der Waals surface area contributed by atoms with E-state index < -0.39 is 5.60 Å². The summed E-state index contributed by atoms with van der Waals surface area (Å²) in [5.41, 5.74) is 1.12. The number of aliphatic hydroxyl groups is 1. The van der Waals surface area contributed by atoms with Gasteiger partial charge in [0.25, 0.3) is 0 Å². The zero-order chi connectivity index (χ0) is 13.9. The number of benzene rings is 1. The van der Waals surface area contributed by atoms with Crippen molar-refractivity contribution in [1.29, 1.82) is 0 Å². The number of aromatic nitrogens is 3. The van der Waals surface area contributed by atoms with E-state index in [-0.39, 0.29) is 0 Å². The minimum atomic E-state index is -0.704. The minimum Gasteiger partial charge on any atom is -0.389 e. The lowest BCUT2D eigenvalue weighted by atomic mass is 10.1. The van der Waals surface area contributed by atoms with Gasteiger partial charge in [0.05, 0.1) is 23.2 Å². The Balaban J connectivity index is 2.02. The predicted molar refractivity (Wildman–Crippen MR) is 74.0 cm³/mol. The SMILES string of the molecule is CN(Cc1cnn(-c2ccccc2)n1)CC(C)(C)O. The number of rotatable bonds is 5. The number of para-hydroxylation sites is 1. The minimum absolute atomic E-state index is 0.588. The number of hydrogen-bond donors (Lipinski definition) is 1. The van der Waals surface area contributed by atoms with Crippen LogP contribution in [-0.2, 0) is 6.54 Å². The first-order valence-corrected chi connectivity index (χ1v) is 6.32. The van der Waals surface area contributed by atoms with Crippen molar-refractivity contribution < 1.29 is 5.11 Å². The van der Waals surface area contributed by atoms with Gasteiger partial charge in [-0.1, -0.05) is 18.2 Å². The number of nitrogens with zero attached hydrogens (tertiary/aromatic N) is 4. The van der Waals surface area contributed by atoms with Crippen LogP contribution in [0.1, 0.15) is 19.5 Å². The van der Waals surface area contributed by atoms with Gasteiger partial charge in [-0.25, -0.2) is 0 Å². The highest BCUT2D eigenvalue weighted by Crippen LogP contribution is 2.08. The smallest absolute Gasteiger partial charge is 0.0971 e. The summed E-state index contributed by atoms with van der Waals surface area (Å²) in [4.78, 5) is 3.65. The Morgan fingerprint density at radius 3 is 2.58 bits per heavy atom. The van der Waals surface area contributed by atoms with Gasteiger partial charge in [-0.05, 0) is 33.0 Å². The molecular weight excluding hydrogens is 240 g/mol. The summed E-state index contributed by atoms with van der Waals surface area (Å²) in [6, 6.07) is 9.80. The van der Waals surface area contributed by atoms with E-state index in [1.54, 1.807) is 24.8 Å². The van der Waals surface area contributed by atoms with Crippen molar-refractivity contribution in [3.05, 3.63) is 42.2 Å². The van der Waals surface area contributed by atoms with Crippen molar-refractivity contribution in [2.75, 3.05) is 13.6 Å². The lowest BCUT2D eigenvalue weighted by Crippen LogP contribution is -2.35. The van der Waals surface area contributed by atoms with Crippen molar-refractivity contribution >= 4 is 0 Å². The Morgan fingerprint density at radius 1 is 1.26 bits per heavy atom. The van der Waals surface area contributed by atoms with Gasteiger partial charge in [0.2, 0.25) is 0 Å². The molecule has 5 nitrogen and oxygen atoms in total. The Labute approximate surface area is 113 Å². The van der Waals surface area contributed by atoms with Gasteiger partial charge in [0.1, 0.15) is 0 Å². The monoisotopic (exact) mass is 260 g/mol. The molecule has 2 aromatic rings. The third kappa shape index (κ3) is 4.15. The van der Waals surface area contributed by atoms with Crippen molar-refractivity contribution in [1.82, 2.24) is 19.9 Å². The lowest BCUT2D eigenvalue weighted by Gasteiger charge is -2.24. The van der Waals surface area contributed by atoms with E-state index in [9.17, 15) is 5.11 Å². The summed E-state index contributed by atoms with van der Waals surface area (Å²) in [5, 5.41) is 18.5. The van der Waals surface area contributed by atoms with Gasteiger partial charge in [-0.3, -0.25) is 4.90 Å². The molecule has 1 aromatic heterocycles. The van der Waals surface area contributed by atoms with Crippen LogP contribution in [0.25, 0.3) is 5.69 Å². The molecular formula is C14H20N4O. The Morgan fingerprint density at radius 2 is 1.95 bits per heavy atom. The molecule has 1 aromatic carbocycles. The largest absolute Gasteiger partial charge is 0.389 e. The normalized spacial score (nSPS) is 12.1.